The summed E-state index contributed by atoms with van der Waals surface area (Å²) in [5.41, 5.74) is -4.09. The van der Waals surface area contributed by atoms with Crippen LogP contribution in [0.15, 0.2) is 28.6 Å². The standard InChI is InChI=1S/C17H17F3N4O5S2/c1-10-15(30-9-21-10)16(25)22-11-4-6-23(7-5-11)13-3-2-12(8-14(13)24(26)27)31(28,29)17(18,19)20/h2-3,8-9,11H,4-7H2,1H3,(H,22,25). The van der Waals surface area contributed by atoms with Gasteiger partial charge in [-0.2, -0.15) is 13.2 Å². The molecule has 0 spiro atoms. The fourth-order valence-corrected chi connectivity index (χ4v) is 4.74. The molecule has 0 saturated carbocycles. The highest BCUT2D eigenvalue weighted by Gasteiger charge is 2.47. The van der Waals surface area contributed by atoms with Gasteiger partial charge in [0.25, 0.3) is 21.4 Å². The molecule has 1 aromatic heterocycles. The molecule has 0 aliphatic carbocycles. The van der Waals surface area contributed by atoms with Crippen LogP contribution in [-0.4, -0.2) is 48.9 Å². The normalized spacial score (nSPS) is 15.7. The van der Waals surface area contributed by atoms with Crippen LogP contribution in [0.5, 0.6) is 0 Å². The Kier molecular flexibility index (Phi) is 6.23. The first-order valence-corrected chi connectivity index (χ1v) is 11.3. The molecule has 31 heavy (non-hydrogen) atoms. The summed E-state index contributed by atoms with van der Waals surface area (Å²) in [7, 11) is -5.70. The van der Waals surface area contributed by atoms with Crippen molar-refractivity contribution in [2.24, 2.45) is 0 Å². The third-order valence-corrected chi connectivity index (χ3v) is 7.29. The predicted molar refractivity (Wildman–Crippen MR) is 106 cm³/mol. The summed E-state index contributed by atoms with van der Waals surface area (Å²) in [5, 5.41) is 14.3. The molecule has 1 fully saturated rings. The third-order valence-electron chi connectivity index (χ3n) is 4.88. The molecule has 9 nitrogen and oxygen atoms in total. The van der Waals surface area contributed by atoms with Gasteiger partial charge in [0.05, 0.1) is 21.0 Å². The molecule has 0 atom stereocenters. The summed E-state index contributed by atoms with van der Waals surface area (Å²) in [6.45, 7) is 2.30. The number of halogens is 3. The van der Waals surface area contributed by atoms with Crippen LogP contribution in [0.4, 0.5) is 24.5 Å². The van der Waals surface area contributed by atoms with Crippen LogP contribution in [0.25, 0.3) is 0 Å². The van der Waals surface area contributed by atoms with E-state index in [0.29, 0.717) is 48.6 Å². The van der Waals surface area contributed by atoms with Crippen molar-refractivity contribution in [2.75, 3.05) is 18.0 Å². The number of aromatic nitrogens is 1. The van der Waals surface area contributed by atoms with Crippen molar-refractivity contribution in [3.8, 4) is 0 Å². The fraction of sp³-hybridized carbons (Fsp3) is 0.412. The van der Waals surface area contributed by atoms with Gasteiger partial charge < -0.3 is 10.2 Å². The van der Waals surface area contributed by atoms with Crippen LogP contribution in [-0.2, 0) is 9.84 Å². The van der Waals surface area contributed by atoms with Gasteiger partial charge in [-0.05, 0) is 31.9 Å². The number of thiazole rings is 1. The smallest absolute Gasteiger partial charge is 0.366 e. The molecular formula is C17H17F3N4O5S2. The zero-order valence-corrected chi connectivity index (χ0v) is 17.7. The third kappa shape index (κ3) is 4.63. The van der Waals surface area contributed by atoms with E-state index in [1.54, 1.807) is 17.3 Å². The van der Waals surface area contributed by atoms with E-state index in [2.05, 4.69) is 10.3 Å². The molecule has 0 radical (unpaired) electrons. The highest BCUT2D eigenvalue weighted by molar-refractivity contribution is 7.92. The SMILES string of the molecule is Cc1ncsc1C(=O)NC1CCN(c2ccc(S(=O)(=O)C(F)(F)F)cc2[N+](=O)[O-])CC1. The van der Waals surface area contributed by atoms with Crippen molar-refractivity contribution in [3.63, 3.8) is 0 Å². The first-order chi connectivity index (χ1) is 14.4. The summed E-state index contributed by atoms with van der Waals surface area (Å²) in [5.74, 6) is -0.258. The van der Waals surface area contributed by atoms with Gasteiger partial charge in [0.2, 0.25) is 0 Å². The van der Waals surface area contributed by atoms with E-state index in [9.17, 15) is 36.5 Å². The van der Waals surface area contributed by atoms with E-state index in [1.807, 2.05) is 0 Å². The van der Waals surface area contributed by atoms with Crippen molar-refractivity contribution in [1.29, 1.82) is 0 Å². The number of benzene rings is 1. The number of nitrogens with zero attached hydrogens (tertiary/aromatic N) is 3. The van der Waals surface area contributed by atoms with Gasteiger partial charge in [-0.25, -0.2) is 13.4 Å². The highest BCUT2D eigenvalue weighted by Crippen LogP contribution is 2.37. The molecule has 0 unspecified atom stereocenters. The van der Waals surface area contributed by atoms with Crippen LogP contribution in [0.3, 0.4) is 0 Å². The molecular weight excluding hydrogens is 461 g/mol. The number of carbonyl (C=O) groups excluding carboxylic acids is 1. The number of carbonyl (C=O) groups is 1. The first-order valence-electron chi connectivity index (χ1n) is 8.97. The summed E-state index contributed by atoms with van der Waals surface area (Å²) in [4.78, 5) is 27.7. The molecule has 1 amide bonds. The van der Waals surface area contributed by atoms with Gasteiger partial charge in [-0.3, -0.25) is 14.9 Å². The molecule has 14 heteroatoms. The van der Waals surface area contributed by atoms with Gasteiger partial charge >= 0.3 is 5.51 Å². The molecule has 0 bridgehead atoms. The van der Waals surface area contributed by atoms with Crippen LogP contribution < -0.4 is 10.2 Å². The zero-order chi connectivity index (χ0) is 23.0. The maximum absolute atomic E-state index is 12.8. The lowest BCUT2D eigenvalue weighted by molar-refractivity contribution is -0.384. The number of hydrogen-bond acceptors (Lipinski definition) is 8. The summed E-state index contributed by atoms with van der Waals surface area (Å²) >= 11 is 1.22. The number of aryl methyl sites for hydroxylation is 1. The van der Waals surface area contributed by atoms with Gasteiger partial charge in [0.1, 0.15) is 10.6 Å². The van der Waals surface area contributed by atoms with Crippen LogP contribution in [0, 0.1) is 17.0 Å². The second-order valence-electron chi connectivity index (χ2n) is 6.86. The van der Waals surface area contributed by atoms with Crippen LogP contribution >= 0.6 is 11.3 Å². The molecule has 168 valence electrons. The summed E-state index contributed by atoms with van der Waals surface area (Å²) < 4.78 is 61.5. The van der Waals surface area contributed by atoms with E-state index in [4.69, 9.17) is 0 Å². The number of nitro benzene ring substituents is 1. The average Bonchev–Trinajstić information content (AvgIpc) is 3.13. The number of amides is 1. The van der Waals surface area contributed by atoms with Crippen molar-refractivity contribution in [1.82, 2.24) is 10.3 Å². The lowest BCUT2D eigenvalue weighted by Gasteiger charge is -2.33. The predicted octanol–water partition coefficient (Wildman–Crippen LogP) is 3.05. The topological polar surface area (TPSA) is 123 Å². The van der Waals surface area contributed by atoms with Crippen molar-refractivity contribution in [3.05, 3.63) is 44.4 Å². The van der Waals surface area contributed by atoms with Gasteiger partial charge in [-0.15, -0.1) is 11.3 Å². The monoisotopic (exact) mass is 478 g/mol. The van der Waals surface area contributed by atoms with E-state index < -0.39 is 30.9 Å². The molecule has 1 aromatic carbocycles. The maximum Gasteiger partial charge on any atom is 0.501 e. The number of rotatable bonds is 5. The molecule has 3 rings (SSSR count). The van der Waals surface area contributed by atoms with Crippen molar-refractivity contribution < 1.29 is 31.3 Å². The number of alkyl halides is 3. The quantitative estimate of drug-likeness (QED) is 0.518. The maximum atomic E-state index is 12.8. The minimum absolute atomic E-state index is 0.0224. The van der Waals surface area contributed by atoms with Crippen LogP contribution in [0.2, 0.25) is 0 Å². The second kappa shape index (κ2) is 8.42. The zero-order valence-electron chi connectivity index (χ0n) is 16.0. The van der Waals surface area contributed by atoms with E-state index in [-0.39, 0.29) is 17.6 Å². The fourth-order valence-electron chi connectivity index (χ4n) is 3.25. The summed E-state index contributed by atoms with van der Waals surface area (Å²) in [6.07, 6.45) is 0.896. The molecule has 1 N–H and O–H groups in total. The molecule has 1 aliphatic rings. The lowest BCUT2D eigenvalue weighted by atomic mass is 10.0. The molecule has 2 heterocycles. The Morgan fingerprint density at radius 3 is 2.48 bits per heavy atom. The molecule has 1 saturated heterocycles. The Bertz CT molecular complexity index is 1110. The number of sulfone groups is 1. The Morgan fingerprint density at radius 1 is 1.32 bits per heavy atom. The Hall–Kier alpha value is -2.74. The Morgan fingerprint density at radius 2 is 1.97 bits per heavy atom. The largest absolute Gasteiger partial charge is 0.501 e. The first kappa shape index (κ1) is 22.9. The van der Waals surface area contributed by atoms with Crippen molar-refractivity contribution >= 4 is 38.5 Å². The number of nitro groups is 1. The van der Waals surface area contributed by atoms with E-state index in [1.165, 1.54) is 11.3 Å². The van der Waals surface area contributed by atoms with E-state index >= 15 is 0 Å². The molecule has 2 aromatic rings. The van der Waals surface area contributed by atoms with Gasteiger partial charge in [0.15, 0.2) is 0 Å². The molecule has 1 aliphatic heterocycles. The number of nitrogens with one attached hydrogen (secondary N) is 1. The van der Waals surface area contributed by atoms with Crippen molar-refractivity contribution in [2.45, 2.75) is 36.2 Å². The minimum Gasteiger partial charge on any atom is -0.366 e. The number of hydrogen-bond donors (Lipinski definition) is 1. The van der Waals surface area contributed by atoms with Gasteiger partial charge in [-0.1, -0.05) is 0 Å². The average molecular weight is 478 g/mol. The number of anilines is 1. The van der Waals surface area contributed by atoms with Gasteiger partial charge in [0, 0.05) is 25.2 Å². The Balaban J connectivity index is 1.75. The van der Waals surface area contributed by atoms with E-state index in [0.717, 1.165) is 6.07 Å². The summed E-state index contributed by atoms with van der Waals surface area (Å²) in [6, 6.07) is 1.97. The lowest BCUT2D eigenvalue weighted by Crippen LogP contribution is -2.44. The minimum atomic E-state index is -5.70. The second-order valence-corrected chi connectivity index (χ2v) is 9.65. The highest BCUT2D eigenvalue weighted by atomic mass is 32.2. The number of piperidine rings is 1. The van der Waals surface area contributed by atoms with Crippen LogP contribution in [0.1, 0.15) is 28.2 Å². The Labute approximate surface area is 179 Å².